The first-order valence-electron chi connectivity index (χ1n) is 12.7. The monoisotopic (exact) mass is 550 g/mol. The lowest BCUT2D eigenvalue weighted by atomic mass is 9.97. The predicted molar refractivity (Wildman–Crippen MR) is 139 cm³/mol. The van der Waals surface area contributed by atoms with Crippen molar-refractivity contribution in [1.29, 1.82) is 0 Å². The maximum absolute atomic E-state index is 14.1. The van der Waals surface area contributed by atoms with Crippen molar-refractivity contribution < 1.29 is 28.7 Å². The number of ether oxygens (including phenoxy) is 1. The van der Waals surface area contributed by atoms with E-state index in [9.17, 15) is 19.5 Å². The standard InChI is InChI=1S/C25H36ClN7O5/c1-15(2)21(34)20(29-24(37)38-25(4,5)6)22(35)33(11-7-8-16(33)3)23(36)27-13-17-12-18(26)9-10-19(17)32-14-28-30-31-32/h9-10,12,14-16,20-21,34H,7-8,11,13H2,1-6H3,(H-,27,29,36,37)/p+1/t16-,20-,21+,33?/m1/s1. The molecule has 0 bridgehead atoms. The zero-order valence-electron chi connectivity index (χ0n) is 22.6. The van der Waals surface area contributed by atoms with E-state index in [-0.39, 0.29) is 25.0 Å². The van der Waals surface area contributed by atoms with Crippen LogP contribution in [-0.2, 0) is 16.1 Å². The van der Waals surface area contributed by atoms with Crippen molar-refractivity contribution in [2.24, 2.45) is 5.92 Å². The van der Waals surface area contributed by atoms with E-state index in [1.165, 1.54) is 11.0 Å². The van der Waals surface area contributed by atoms with Gasteiger partial charge in [-0.1, -0.05) is 25.4 Å². The highest BCUT2D eigenvalue weighted by Gasteiger charge is 2.56. The number of halogens is 1. The van der Waals surface area contributed by atoms with Crippen LogP contribution in [-0.4, -0.2) is 78.2 Å². The summed E-state index contributed by atoms with van der Waals surface area (Å²) in [6.45, 7) is 10.7. The van der Waals surface area contributed by atoms with Crippen LogP contribution in [0.25, 0.3) is 5.69 Å². The number of aliphatic hydroxyl groups is 1. The third kappa shape index (κ3) is 6.48. The molecule has 0 spiro atoms. The Kier molecular flexibility index (Phi) is 9.11. The fourth-order valence-electron chi connectivity index (χ4n) is 4.67. The molecule has 38 heavy (non-hydrogen) atoms. The Bertz CT molecular complexity index is 1150. The second-order valence-corrected chi connectivity index (χ2v) is 11.4. The number of aromatic nitrogens is 4. The molecular weight excluding hydrogens is 514 g/mol. The molecule has 2 aromatic rings. The van der Waals surface area contributed by atoms with Gasteiger partial charge in [-0.05, 0) is 67.8 Å². The molecule has 1 aromatic carbocycles. The number of tetrazole rings is 1. The zero-order valence-corrected chi connectivity index (χ0v) is 23.4. The normalized spacial score (nSPS) is 21.1. The summed E-state index contributed by atoms with van der Waals surface area (Å²) in [6.07, 6.45) is 0.610. The average molecular weight is 551 g/mol. The third-order valence-electron chi connectivity index (χ3n) is 6.67. The highest BCUT2D eigenvalue weighted by molar-refractivity contribution is 6.30. The van der Waals surface area contributed by atoms with E-state index in [1.54, 1.807) is 52.8 Å². The van der Waals surface area contributed by atoms with E-state index < -0.39 is 40.3 Å². The predicted octanol–water partition coefficient (Wildman–Crippen LogP) is 2.96. The van der Waals surface area contributed by atoms with E-state index in [0.717, 1.165) is 0 Å². The fourth-order valence-corrected chi connectivity index (χ4v) is 4.86. The van der Waals surface area contributed by atoms with Crippen molar-refractivity contribution in [1.82, 2.24) is 30.8 Å². The molecule has 1 fully saturated rings. The highest BCUT2D eigenvalue weighted by atomic mass is 35.5. The molecule has 12 nitrogen and oxygen atoms in total. The Morgan fingerprint density at radius 1 is 1.29 bits per heavy atom. The molecule has 4 amide bonds. The molecule has 13 heteroatoms. The van der Waals surface area contributed by atoms with Gasteiger partial charge in [0.05, 0.1) is 24.9 Å². The summed E-state index contributed by atoms with van der Waals surface area (Å²) >= 11 is 6.21. The van der Waals surface area contributed by atoms with Gasteiger partial charge in [-0.15, -0.1) is 5.10 Å². The molecule has 0 aliphatic carbocycles. The topological polar surface area (TPSA) is 148 Å². The number of hydrogen-bond acceptors (Lipinski definition) is 8. The fraction of sp³-hybridized carbons (Fsp3) is 0.600. The van der Waals surface area contributed by atoms with E-state index in [0.29, 0.717) is 29.1 Å². The summed E-state index contributed by atoms with van der Waals surface area (Å²) in [7, 11) is 0. The zero-order chi connectivity index (χ0) is 28.3. The number of carbonyl (C=O) groups is 3. The van der Waals surface area contributed by atoms with Gasteiger partial charge in [-0.2, -0.15) is 4.48 Å². The Morgan fingerprint density at radius 3 is 2.55 bits per heavy atom. The molecule has 1 aromatic heterocycles. The van der Waals surface area contributed by atoms with E-state index in [2.05, 4.69) is 26.2 Å². The number of benzene rings is 1. The van der Waals surface area contributed by atoms with Crippen LogP contribution in [0.4, 0.5) is 9.59 Å². The van der Waals surface area contributed by atoms with Crippen molar-refractivity contribution >= 4 is 29.6 Å². The second-order valence-electron chi connectivity index (χ2n) is 11.0. The number of nitrogens with one attached hydrogen (secondary N) is 2. The number of amides is 4. The van der Waals surface area contributed by atoms with Gasteiger partial charge in [-0.25, -0.2) is 19.1 Å². The molecule has 3 N–H and O–H groups in total. The van der Waals surface area contributed by atoms with Gasteiger partial charge in [0.2, 0.25) is 0 Å². The van der Waals surface area contributed by atoms with Gasteiger partial charge in [0.1, 0.15) is 18.0 Å². The number of urea groups is 1. The van der Waals surface area contributed by atoms with Crippen LogP contribution >= 0.6 is 11.6 Å². The van der Waals surface area contributed by atoms with Gasteiger partial charge >= 0.3 is 18.0 Å². The first-order chi connectivity index (χ1) is 17.8. The summed E-state index contributed by atoms with van der Waals surface area (Å²) in [5, 5.41) is 28.1. The molecule has 2 heterocycles. The van der Waals surface area contributed by atoms with E-state index in [4.69, 9.17) is 16.3 Å². The Labute approximate surface area is 227 Å². The van der Waals surface area contributed by atoms with Crippen LogP contribution in [0.15, 0.2) is 24.5 Å². The van der Waals surface area contributed by atoms with Crippen LogP contribution in [0.2, 0.25) is 5.02 Å². The second kappa shape index (κ2) is 11.7. The number of imide groups is 1. The number of hydrogen-bond donors (Lipinski definition) is 3. The van der Waals surface area contributed by atoms with Crippen molar-refractivity contribution in [2.75, 3.05) is 6.54 Å². The lowest BCUT2D eigenvalue weighted by Gasteiger charge is -2.37. The van der Waals surface area contributed by atoms with Crippen molar-refractivity contribution in [3.05, 3.63) is 35.1 Å². The molecule has 1 saturated heterocycles. The number of quaternary nitrogens is 1. The minimum Gasteiger partial charge on any atom is -0.444 e. The minimum atomic E-state index is -1.35. The van der Waals surface area contributed by atoms with Crippen LogP contribution in [0.1, 0.15) is 59.9 Å². The average Bonchev–Trinajstić information content (AvgIpc) is 3.49. The lowest BCUT2D eigenvalue weighted by molar-refractivity contribution is -0.786. The lowest BCUT2D eigenvalue weighted by Crippen LogP contribution is -2.69. The molecular formula is C25H37ClN7O5+. The smallest absolute Gasteiger partial charge is 0.424 e. The molecule has 0 saturated carbocycles. The van der Waals surface area contributed by atoms with Crippen LogP contribution < -0.4 is 10.6 Å². The van der Waals surface area contributed by atoms with E-state index >= 15 is 0 Å². The van der Waals surface area contributed by atoms with Gasteiger partial charge in [0, 0.05) is 17.9 Å². The molecule has 3 rings (SSSR count). The Balaban J connectivity index is 1.90. The minimum absolute atomic E-state index is 0.0471. The molecule has 1 aliphatic heterocycles. The number of likely N-dealkylation sites (tertiary alicyclic amines) is 1. The Hall–Kier alpha value is -3.09. The van der Waals surface area contributed by atoms with Gasteiger partial charge in [0.25, 0.3) is 0 Å². The molecule has 0 radical (unpaired) electrons. The summed E-state index contributed by atoms with van der Waals surface area (Å²) in [4.78, 5) is 40.6. The number of rotatable bonds is 7. The van der Waals surface area contributed by atoms with Gasteiger partial charge < -0.3 is 20.5 Å². The number of alkyl carbamates (subject to hydrolysis) is 1. The number of carbonyl (C=O) groups excluding carboxylic acids is 3. The van der Waals surface area contributed by atoms with Crippen molar-refractivity contribution in [3.63, 3.8) is 0 Å². The molecule has 1 aliphatic rings. The molecule has 208 valence electrons. The van der Waals surface area contributed by atoms with Crippen LogP contribution in [0, 0.1) is 5.92 Å². The van der Waals surface area contributed by atoms with Gasteiger partial charge in [0.15, 0.2) is 6.04 Å². The summed E-state index contributed by atoms with van der Waals surface area (Å²) < 4.78 is 6.23. The first kappa shape index (κ1) is 29.5. The quantitative estimate of drug-likeness (QED) is 0.445. The summed E-state index contributed by atoms with van der Waals surface area (Å²) in [6, 6.07) is 2.85. The largest absolute Gasteiger partial charge is 0.444 e. The van der Waals surface area contributed by atoms with Crippen molar-refractivity contribution in [2.45, 2.75) is 84.7 Å². The van der Waals surface area contributed by atoms with Gasteiger partial charge in [-0.3, -0.25) is 0 Å². The first-order valence-corrected chi connectivity index (χ1v) is 13.0. The summed E-state index contributed by atoms with van der Waals surface area (Å²) in [5.74, 6) is -0.962. The number of aliphatic hydroxyl groups excluding tert-OH is 1. The van der Waals surface area contributed by atoms with Crippen molar-refractivity contribution in [3.8, 4) is 5.69 Å². The molecule has 4 atom stereocenters. The van der Waals surface area contributed by atoms with Crippen LogP contribution in [0.3, 0.4) is 0 Å². The SMILES string of the molecule is CC(C)[C@H](O)[C@@H](NC(=O)OC(C)(C)C)C(=O)[N+]1(C(=O)NCc2cc(Cl)ccc2-n2cnnn2)CCC[C@H]1C. The Morgan fingerprint density at radius 2 is 2.00 bits per heavy atom. The maximum atomic E-state index is 14.1. The van der Waals surface area contributed by atoms with Crippen LogP contribution in [0.5, 0.6) is 0 Å². The molecule has 1 unspecified atom stereocenters. The van der Waals surface area contributed by atoms with E-state index in [1.807, 2.05) is 6.92 Å². The highest BCUT2D eigenvalue weighted by Crippen LogP contribution is 2.31. The third-order valence-corrected chi connectivity index (χ3v) is 6.91. The summed E-state index contributed by atoms with van der Waals surface area (Å²) in [5.41, 5.74) is 0.451. The maximum Gasteiger partial charge on any atom is 0.424 e. The number of nitrogens with zero attached hydrogens (tertiary/aromatic N) is 5.